The summed E-state index contributed by atoms with van der Waals surface area (Å²) in [6.45, 7) is 6.60. The molecular formula is C38H44N4O4. The summed E-state index contributed by atoms with van der Waals surface area (Å²) < 4.78 is 5.52. The molecule has 0 unspecified atom stereocenters. The number of carbonyl (C=O) groups is 2. The van der Waals surface area contributed by atoms with Gasteiger partial charge in [-0.2, -0.15) is 0 Å². The van der Waals surface area contributed by atoms with Gasteiger partial charge in [0.15, 0.2) is 6.61 Å². The zero-order valence-electron chi connectivity index (χ0n) is 26.7. The first-order valence-corrected chi connectivity index (χ1v) is 16.7. The van der Waals surface area contributed by atoms with Crippen LogP contribution in [0.25, 0.3) is 22.2 Å². The number of amides is 1. The minimum absolute atomic E-state index is 0.141. The molecule has 3 heterocycles. The van der Waals surface area contributed by atoms with Crippen molar-refractivity contribution < 1.29 is 19.4 Å². The molecule has 2 aliphatic rings. The lowest BCUT2D eigenvalue weighted by molar-refractivity contribution is -0.139. The van der Waals surface area contributed by atoms with Crippen LogP contribution in [0.5, 0.6) is 5.75 Å². The number of aromatic nitrogens is 1. The maximum atomic E-state index is 14.5. The molecule has 0 aliphatic carbocycles. The van der Waals surface area contributed by atoms with Crippen molar-refractivity contribution in [3.05, 3.63) is 95.6 Å². The SMILES string of the molecule is CC[C@@H](NC(=O)c1c(CN2CCC(N3CCCCC3)CC2)c(-c2ccccc2)nc2cc(OCC(=O)O)ccc12)c1ccccc1. The van der Waals surface area contributed by atoms with Gasteiger partial charge in [0, 0.05) is 35.2 Å². The third-order valence-electron chi connectivity index (χ3n) is 9.46. The van der Waals surface area contributed by atoms with Crippen molar-refractivity contribution in [3.8, 4) is 17.0 Å². The molecule has 1 amide bonds. The van der Waals surface area contributed by atoms with Gasteiger partial charge < -0.3 is 20.1 Å². The number of carboxylic acids is 1. The molecule has 2 fully saturated rings. The third-order valence-corrected chi connectivity index (χ3v) is 9.46. The van der Waals surface area contributed by atoms with Gasteiger partial charge in [0.2, 0.25) is 0 Å². The minimum Gasteiger partial charge on any atom is -0.482 e. The number of piperidine rings is 2. The average Bonchev–Trinajstić information content (AvgIpc) is 3.10. The molecule has 0 bridgehead atoms. The summed E-state index contributed by atoms with van der Waals surface area (Å²) in [6.07, 6.45) is 6.93. The van der Waals surface area contributed by atoms with Crippen molar-refractivity contribution in [2.24, 2.45) is 0 Å². The predicted molar refractivity (Wildman–Crippen MR) is 181 cm³/mol. The summed E-state index contributed by atoms with van der Waals surface area (Å²) in [7, 11) is 0. The summed E-state index contributed by atoms with van der Waals surface area (Å²) in [6, 6.07) is 25.9. The number of fused-ring (bicyclic) bond motifs is 1. The van der Waals surface area contributed by atoms with Crippen molar-refractivity contribution >= 4 is 22.8 Å². The van der Waals surface area contributed by atoms with Gasteiger partial charge in [-0.15, -0.1) is 0 Å². The molecule has 4 aromatic rings. The number of hydrogen-bond acceptors (Lipinski definition) is 6. The minimum atomic E-state index is -1.05. The van der Waals surface area contributed by atoms with Crippen LogP contribution in [0.3, 0.4) is 0 Å². The molecule has 240 valence electrons. The fraction of sp³-hybridized carbons (Fsp3) is 0.395. The standard InChI is InChI=1S/C38H44N4O4/c1-2-33(27-12-6-3-7-13-27)40-38(45)36-31-17-16-30(46-26-35(43)44)24-34(31)39-37(28-14-8-4-9-15-28)32(36)25-41-22-18-29(19-23-41)42-20-10-5-11-21-42/h3-4,6-9,12-17,24,29,33H,2,5,10-11,18-23,25-26H2,1H3,(H,40,45)(H,43,44)/t33-/m1/s1. The van der Waals surface area contributed by atoms with Crippen molar-refractivity contribution in [1.82, 2.24) is 20.1 Å². The number of likely N-dealkylation sites (tertiary alicyclic amines) is 2. The fourth-order valence-electron chi connectivity index (χ4n) is 7.05. The normalized spacial score (nSPS) is 17.1. The van der Waals surface area contributed by atoms with E-state index in [1.54, 1.807) is 12.1 Å². The highest BCUT2D eigenvalue weighted by Gasteiger charge is 2.29. The number of rotatable bonds is 11. The van der Waals surface area contributed by atoms with Gasteiger partial charge in [-0.25, -0.2) is 9.78 Å². The molecule has 8 heteroatoms. The Hall–Kier alpha value is -4.27. The van der Waals surface area contributed by atoms with Gasteiger partial charge in [0.25, 0.3) is 5.91 Å². The van der Waals surface area contributed by atoms with E-state index in [0.717, 1.165) is 60.1 Å². The molecule has 2 aliphatic heterocycles. The number of ether oxygens (including phenoxy) is 1. The molecule has 3 aromatic carbocycles. The second kappa shape index (κ2) is 14.9. The van der Waals surface area contributed by atoms with Crippen LogP contribution >= 0.6 is 0 Å². The van der Waals surface area contributed by atoms with E-state index in [-0.39, 0.29) is 11.9 Å². The van der Waals surface area contributed by atoms with E-state index in [2.05, 4.69) is 22.0 Å². The summed E-state index contributed by atoms with van der Waals surface area (Å²) >= 11 is 0. The molecular weight excluding hydrogens is 576 g/mol. The number of hydrogen-bond donors (Lipinski definition) is 2. The highest BCUT2D eigenvalue weighted by atomic mass is 16.5. The molecule has 1 atom stereocenters. The van der Waals surface area contributed by atoms with Crippen LogP contribution in [0.1, 0.15) is 73.0 Å². The number of carbonyl (C=O) groups excluding carboxylic acids is 1. The third kappa shape index (κ3) is 7.40. The zero-order valence-corrected chi connectivity index (χ0v) is 26.7. The molecule has 0 saturated carbocycles. The number of nitrogens with zero attached hydrogens (tertiary/aromatic N) is 3. The van der Waals surface area contributed by atoms with Crippen molar-refractivity contribution in [1.29, 1.82) is 0 Å². The summed E-state index contributed by atoms with van der Waals surface area (Å²) in [4.78, 5) is 36.1. The van der Waals surface area contributed by atoms with E-state index < -0.39 is 12.6 Å². The van der Waals surface area contributed by atoms with Gasteiger partial charge in [-0.05, 0) is 76.0 Å². The van der Waals surface area contributed by atoms with Crippen molar-refractivity contribution in [2.45, 2.75) is 64.1 Å². The van der Waals surface area contributed by atoms with Gasteiger partial charge in [0.1, 0.15) is 5.75 Å². The second-order valence-electron chi connectivity index (χ2n) is 12.5. The molecule has 0 radical (unpaired) electrons. The van der Waals surface area contributed by atoms with Crippen LogP contribution in [-0.4, -0.2) is 70.6 Å². The monoisotopic (exact) mass is 620 g/mol. The van der Waals surface area contributed by atoms with Crippen LogP contribution < -0.4 is 10.1 Å². The molecule has 8 nitrogen and oxygen atoms in total. The van der Waals surface area contributed by atoms with Gasteiger partial charge >= 0.3 is 5.97 Å². The van der Waals surface area contributed by atoms with E-state index in [1.165, 1.54) is 32.4 Å². The van der Waals surface area contributed by atoms with Crippen LogP contribution in [0.2, 0.25) is 0 Å². The van der Waals surface area contributed by atoms with Crippen molar-refractivity contribution in [3.63, 3.8) is 0 Å². The molecule has 46 heavy (non-hydrogen) atoms. The second-order valence-corrected chi connectivity index (χ2v) is 12.5. The van der Waals surface area contributed by atoms with Crippen LogP contribution in [0, 0.1) is 0 Å². The Labute approximate surface area is 271 Å². The van der Waals surface area contributed by atoms with E-state index in [1.807, 2.05) is 66.7 Å². The molecule has 0 spiro atoms. The fourth-order valence-corrected chi connectivity index (χ4v) is 7.05. The Bertz CT molecular complexity index is 1630. The van der Waals surface area contributed by atoms with Gasteiger partial charge in [0.05, 0.1) is 22.8 Å². The lowest BCUT2D eigenvalue weighted by atomic mass is 9.93. The number of carboxylic acid groups (broad SMARTS) is 1. The lowest BCUT2D eigenvalue weighted by Crippen LogP contribution is -2.46. The Kier molecular flexibility index (Phi) is 10.3. The van der Waals surface area contributed by atoms with Crippen molar-refractivity contribution in [2.75, 3.05) is 32.8 Å². The topological polar surface area (TPSA) is 95.0 Å². The first-order chi connectivity index (χ1) is 22.5. The molecule has 2 N–H and O–H groups in total. The van der Waals surface area contributed by atoms with E-state index in [0.29, 0.717) is 29.4 Å². The van der Waals surface area contributed by atoms with Gasteiger partial charge in [-0.1, -0.05) is 74.0 Å². The zero-order chi connectivity index (χ0) is 31.9. The van der Waals surface area contributed by atoms with Gasteiger partial charge in [-0.3, -0.25) is 9.69 Å². The smallest absolute Gasteiger partial charge is 0.341 e. The lowest BCUT2D eigenvalue weighted by Gasteiger charge is -2.40. The first kappa shape index (κ1) is 31.7. The van der Waals surface area contributed by atoms with Crippen LogP contribution in [0.15, 0.2) is 78.9 Å². The van der Waals surface area contributed by atoms with E-state index in [4.69, 9.17) is 9.72 Å². The number of nitrogens with one attached hydrogen (secondary N) is 1. The Morgan fingerprint density at radius 2 is 1.63 bits per heavy atom. The van der Waals surface area contributed by atoms with Crippen LogP contribution in [-0.2, 0) is 11.3 Å². The number of benzene rings is 3. The average molecular weight is 621 g/mol. The molecule has 6 rings (SSSR count). The molecule has 2 saturated heterocycles. The Morgan fingerprint density at radius 1 is 0.935 bits per heavy atom. The van der Waals surface area contributed by atoms with E-state index >= 15 is 0 Å². The maximum absolute atomic E-state index is 14.5. The van der Waals surface area contributed by atoms with E-state index in [9.17, 15) is 14.7 Å². The first-order valence-electron chi connectivity index (χ1n) is 16.7. The summed E-state index contributed by atoms with van der Waals surface area (Å²) in [5.74, 6) is -0.794. The Balaban J connectivity index is 1.41. The highest BCUT2D eigenvalue weighted by Crippen LogP contribution is 2.34. The molecule has 1 aromatic heterocycles. The Morgan fingerprint density at radius 3 is 2.30 bits per heavy atom. The number of aliphatic carboxylic acids is 1. The highest BCUT2D eigenvalue weighted by molar-refractivity contribution is 6.09. The summed E-state index contributed by atoms with van der Waals surface area (Å²) in [5, 5.41) is 13.3. The maximum Gasteiger partial charge on any atom is 0.341 e. The summed E-state index contributed by atoms with van der Waals surface area (Å²) in [5.41, 5.74) is 4.87. The number of pyridine rings is 1. The van der Waals surface area contributed by atoms with Crippen LogP contribution in [0.4, 0.5) is 0 Å². The quantitative estimate of drug-likeness (QED) is 0.193. The largest absolute Gasteiger partial charge is 0.482 e. The predicted octanol–water partition coefficient (Wildman–Crippen LogP) is 6.70.